The van der Waals surface area contributed by atoms with Crippen molar-refractivity contribution < 1.29 is 9.63 Å². The number of nitrogens with zero attached hydrogens (tertiary/aromatic N) is 2. The van der Waals surface area contributed by atoms with Crippen molar-refractivity contribution >= 4 is 16.9 Å². The Morgan fingerprint density at radius 3 is 3.13 bits per heavy atom. The Balaban J connectivity index is 2.46. The van der Waals surface area contributed by atoms with Crippen LogP contribution < -0.4 is 5.90 Å². The van der Waals surface area contributed by atoms with Crippen molar-refractivity contribution in [2.24, 2.45) is 5.90 Å². The van der Waals surface area contributed by atoms with E-state index in [1.54, 1.807) is 6.20 Å². The first-order valence-electron chi connectivity index (χ1n) is 4.38. The molecule has 2 N–H and O–H groups in total. The van der Waals surface area contributed by atoms with E-state index in [0.29, 0.717) is 0 Å². The fraction of sp³-hybridized carbons (Fsp3) is 0.100. The minimum absolute atomic E-state index is 0.116. The molecule has 0 radical (unpaired) electrons. The Labute approximate surface area is 85.9 Å². The first-order chi connectivity index (χ1) is 7.31. The van der Waals surface area contributed by atoms with Crippen LogP contribution in [0.5, 0.6) is 0 Å². The number of carbonyl (C=O) groups is 1. The monoisotopic (exact) mass is 203 g/mol. The van der Waals surface area contributed by atoms with Crippen molar-refractivity contribution in [1.29, 1.82) is 0 Å². The fourth-order valence-electron chi connectivity index (χ4n) is 1.42. The van der Waals surface area contributed by atoms with Crippen molar-refractivity contribution in [3.8, 4) is 0 Å². The topological polar surface area (TPSA) is 78.1 Å². The van der Waals surface area contributed by atoms with Crippen LogP contribution in [0.25, 0.3) is 10.9 Å². The highest BCUT2D eigenvalue weighted by atomic mass is 16.7. The minimum atomic E-state index is -0.485. The Morgan fingerprint density at radius 2 is 2.33 bits per heavy atom. The SMILES string of the molecule is NOC(=O)Cc1cccc2cncnc12. The van der Waals surface area contributed by atoms with Gasteiger partial charge in [0.25, 0.3) is 0 Å². The molecule has 0 unspecified atom stereocenters. The van der Waals surface area contributed by atoms with Crippen LogP contribution >= 0.6 is 0 Å². The summed E-state index contributed by atoms with van der Waals surface area (Å²) in [4.78, 5) is 23.2. The van der Waals surface area contributed by atoms with Crippen LogP contribution in [0.2, 0.25) is 0 Å². The van der Waals surface area contributed by atoms with Crippen molar-refractivity contribution in [1.82, 2.24) is 9.97 Å². The molecule has 1 heterocycles. The van der Waals surface area contributed by atoms with E-state index in [4.69, 9.17) is 5.90 Å². The van der Waals surface area contributed by atoms with Gasteiger partial charge in [-0.05, 0) is 5.56 Å². The van der Waals surface area contributed by atoms with Gasteiger partial charge in [-0.3, -0.25) is 4.79 Å². The second kappa shape index (κ2) is 4.02. The summed E-state index contributed by atoms with van der Waals surface area (Å²) in [6, 6.07) is 5.53. The van der Waals surface area contributed by atoms with Crippen molar-refractivity contribution in [2.75, 3.05) is 0 Å². The molecular formula is C10H9N3O2. The normalized spacial score (nSPS) is 10.2. The van der Waals surface area contributed by atoms with E-state index in [1.807, 2.05) is 18.2 Å². The molecule has 76 valence electrons. The molecule has 5 nitrogen and oxygen atoms in total. The summed E-state index contributed by atoms with van der Waals surface area (Å²) in [5.74, 6) is 4.30. The standard InChI is InChI=1S/C10H9N3O2/c11-15-9(14)4-7-2-1-3-8-5-12-6-13-10(7)8/h1-3,5-6H,4,11H2. The highest BCUT2D eigenvalue weighted by molar-refractivity contribution is 5.85. The Morgan fingerprint density at radius 1 is 1.47 bits per heavy atom. The van der Waals surface area contributed by atoms with Gasteiger partial charge >= 0.3 is 5.97 Å². The summed E-state index contributed by atoms with van der Waals surface area (Å²) in [5.41, 5.74) is 1.53. The van der Waals surface area contributed by atoms with Crippen LogP contribution in [0.15, 0.2) is 30.7 Å². The van der Waals surface area contributed by atoms with E-state index in [9.17, 15) is 4.79 Å². The van der Waals surface area contributed by atoms with Gasteiger partial charge in [0.1, 0.15) is 6.33 Å². The molecule has 1 aromatic carbocycles. The predicted octanol–water partition coefficient (Wildman–Crippen LogP) is 0.589. The van der Waals surface area contributed by atoms with Gasteiger partial charge < -0.3 is 4.84 Å². The lowest BCUT2D eigenvalue weighted by atomic mass is 10.1. The maximum absolute atomic E-state index is 11.0. The molecule has 0 atom stereocenters. The molecule has 0 bridgehead atoms. The number of carbonyl (C=O) groups excluding carboxylic acids is 1. The summed E-state index contributed by atoms with van der Waals surface area (Å²) < 4.78 is 0. The molecule has 0 aliphatic heterocycles. The summed E-state index contributed by atoms with van der Waals surface area (Å²) in [5, 5.41) is 0.889. The van der Waals surface area contributed by atoms with E-state index in [-0.39, 0.29) is 6.42 Å². The van der Waals surface area contributed by atoms with Crippen LogP contribution in [0.4, 0.5) is 0 Å². The average Bonchev–Trinajstić information content (AvgIpc) is 2.29. The van der Waals surface area contributed by atoms with Crippen molar-refractivity contribution in [2.45, 2.75) is 6.42 Å². The van der Waals surface area contributed by atoms with E-state index in [1.165, 1.54) is 6.33 Å². The third kappa shape index (κ3) is 1.92. The number of para-hydroxylation sites is 1. The molecule has 5 heteroatoms. The molecule has 0 aliphatic carbocycles. The number of hydrogen-bond acceptors (Lipinski definition) is 5. The third-order valence-corrected chi connectivity index (χ3v) is 2.08. The number of fused-ring (bicyclic) bond motifs is 1. The lowest BCUT2D eigenvalue weighted by molar-refractivity contribution is -0.143. The molecule has 0 aliphatic rings. The number of rotatable bonds is 2. The van der Waals surface area contributed by atoms with Crippen LogP contribution in [0.3, 0.4) is 0 Å². The molecule has 0 saturated carbocycles. The molecule has 1 aromatic heterocycles. The fourth-order valence-corrected chi connectivity index (χ4v) is 1.42. The first-order valence-corrected chi connectivity index (χ1v) is 4.38. The number of hydrogen-bond donors (Lipinski definition) is 1. The molecule has 15 heavy (non-hydrogen) atoms. The summed E-state index contributed by atoms with van der Waals surface area (Å²) in [6.07, 6.45) is 3.25. The van der Waals surface area contributed by atoms with Crippen LogP contribution in [-0.2, 0) is 16.1 Å². The van der Waals surface area contributed by atoms with E-state index in [2.05, 4.69) is 14.8 Å². The third-order valence-electron chi connectivity index (χ3n) is 2.08. The van der Waals surface area contributed by atoms with Crippen LogP contribution in [-0.4, -0.2) is 15.9 Å². The lowest BCUT2D eigenvalue weighted by Crippen LogP contribution is -2.12. The van der Waals surface area contributed by atoms with Gasteiger partial charge in [0.15, 0.2) is 0 Å². The van der Waals surface area contributed by atoms with E-state index in [0.717, 1.165) is 16.5 Å². The highest BCUT2D eigenvalue weighted by Crippen LogP contribution is 2.15. The average molecular weight is 203 g/mol. The molecule has 0 fully saturated rings. The quantitative estimate of drug-likeness (QED) is 0.722. The van der Waals surface area contributed by atoms with Gasteiger partial charge in [0, 0.05) is 11.6 Å². The molecule has 0 saturated heterocycles. The van der Waals surface area contributed by atoms with Gasteiger partial charge in [0.2, 0.25) is 0 Å². The summed E-state index contributed by atoms with van der Waals surface area (Å²) in [7, 11) is 0. The van der Waals surface area contributed by atoms with E-state index >= 15 is 0 Å². The number of benzene rings is 1. The van der Waals surface area contributed by atoms with Crippen molar-refractivity contribution in [3.63, 3.8) is 0 Å². The smallest absolute Gasteiger partial charge is 0.328 e. The van der Waals surface area contributed by atoms with Gasteiger partial charge in [-0.2, -0.15) is 5.90 Å². The Kier molecular flexibility index (Phi) is 2.55. The highest BCUT2D eigenvalue weighted by Gasteiger charge is 2.07. The van der Waals surface area contributed by atoms with Crippen molar-refractivity contribution in [3.05, 3.63) is 36.3 Å². The zero-order valence-electron chi connectivity index (χ0n) is 7.88. The summed E-state index contributed by atoms with van der Waals surface area (Å²) in [6.45, 7) is 0. The van der Waals surface area contributed by atoms with Gasteiger partial charge in [0.05, 0.1) is 11.9 Å². The van der Waals surface area contributed by atoms with Gasteiger partial charge in [-0.25, -0.2) is 9.97 Å². The lowest BCUT2D eigenvalue weighted by Gasteiger charge is -2.02. The molecule has 2 aromatic rings. The second-order valence-electron chi connectivity index (χ2n) is 3.04. The molecule has 0 amide bonds. The Hall–Kier alpha value is -2.01. The zero-order chi connectivity index (χ0) is 10.7. The number of aromatic nitrogens is 2. The predicted molar refractivity (Wildman–Crippen MR) is 53.5 cm³/mol. The first kappa shape index (κ1) is 9.54. The maximum atomic E-state index is 11.0. The summed E-state index contributed by atoms with van der Waals surface area (Å²) >= 11 is 0. The van der Waals surface area contributed by atoms with E-state index < -0.39 is 5.97 Å². The molecular weight excluding hydrogens is 194 g/mol. The number of nitrogens with two attached hydrogens (primary N) is 1. The zero-order valence-corrected chi connectivity index (χ0v) is 7.88. The molecule has 0 spiro atoms. The maximum Gasteiger partial charge on any atom is 0.328 e. The van der Waals surface area contributed by atoms with Crippen LogP contribution in [0, 0.1) is 0 Å². The minimum Gasteiger partial charge on any atom is -0.373 e. The van der Waals surface area contributed by atoms with Crippen LogP contribution in [0.1, 0.15) is 5.56 Å². The Bertz CT molecular complexity index is 493. The van der Waals surface area contributed by atoms with Gasteiger partial charge in [-0.1, -0.05) is 18.2 Å². The van der Waals surface area contributed by atoms with Gasteiger partial charge in [-0.15, -0.1) is 0 Å². The largest absolute Gasteiger partial charge is 0.373 e. The molecule has 2 rings (SSSR count). The second-order valence-corrected chi connectivity index (χ2v) is 3.04.